The van der Waals surface area contributed by atoms with Crippen molar-refractivity contribution in [1.82, 2.24) is 9.97 Å². The Morgan fingerprint density at radius 3 is 2.67 bits per heavy atom. The van der Waals surface area contributed by atoms with Crippen LogP contribution in [0.3, 0.4) is 0 Å². The third kappa shape index (κ3) is 2.53. The van der Waals surface area contributed by atoms with Gasteiger partial charge in [-0.15, -0.1) is 0 Å². The van der Waals surface area contributed by atoms with Crippen LogP contribution in [0.4, 0.5) is 5.95 Å². The second-order valence-corrected chi connectivity index (χ2v) is 4.79. The quantitative estimate of drug-likeness (QED) is 0.717. The van der Waals surface area contributed by atoms with Crippen molar-refractivity contribution < 1.29 is 4.79 Å². The molecule has 1 heterocycles. The van der Waals surface area contributed by atoms with Gasteiger partial charge in [0.05, 0.1) is 5.56 Å². The van der Waals surface area contributed by atoms with Gasteiger partial charge in [-0.3, -0.25) is 14.6 Å². The number of aldehydes is 1. The second-order valence-electron chi connectivity index (χ2n) is 4.79. The van der Waals surface area contributed by atoms with E-state index < -0.39 is 0 Å². The Bertz CT molecular complexity index is 884. The van der Waals surface area contributed by atoms with E-state index in [4.69, 9.17) is 5.73 Å². The SMILES string of the molecule is Nc1nc(C=O)c(Cc2ccc3ccccc3c2)c(=O)[nH]1. The summed E-state index contributed by atoms with van der Waals surface area (Å²) in [5, 5.41) is 2.21. The van der Waals surface area contributed by atoms with E-state index in [1.807, 2.05) is 42.5 Å². The molecule has 0 unspecified atom stereocenters. The molecule has 3 N–H and O–H groups in total. The molecule has 1 aromatic heterocycles. The minimum Gasteiger partial charge on any atom is -0.369 e. The molecule has 104 valence electrons. The molecule has 0 radical (unpaired) electrons. The van der Waals surface area contributed by atoms with Crippen LogP contribution in [0, 0.1) is 0 Å². The maximum Gasteiger partial charge on any atom is 0.256 e. The van der Waals surface area contributed by atoms with E-state index in [9.17, 15) is 9.59 Å². The Labute approximate surface area is 120 Å². The molecule has 3 aromatic rings. The highest BCUT2D eigenvalue weighted by molar-refractivity contribution is 5.83. The van der Waals surface area contributed by atoms with Crippen molar-refractivity contribution in [3.63, 3.8) is 0 Å². The third-order valence-electron chi connectivity index (χ3n) is 3.37. The van der Waals surface area contributed by atoms with Crippen molar-refractivity contribution in [3.05, 3.63) is 69.6 Å². The lowest BCUT2D eigenvalue weighted by atomic mass is 10.0. The molecule has 0 saturated heterocycles. The van der Waals surface area contributed by atoms with Crippen molar-refractivity contribution in [2.75, 3.05) is 5.73 Å². The molecule has 5 nitrogen and oxygen atoms in total. The first kappa shape index (κ1) is 13.1. The summed E-state index contributed by atoms with van der Waals surface area (Å²) in [7, 11) is 0. The molecule has 21 heavy (non-hydrogen) atoms. The molecular weight excluding hydrogens is 266 g/mol. The zero-order chi connectivity index (χ0) is 14.8. The summed E-state index contributed by atoms with van der Waals surface area (Å²) in [5.41, 5.74) is 6.42. The molecule has 5 heteroatoms. The predicted molar refractivity (Wildman–Crippen MR) is 81.4 cm³/mol. The van der Waals surface area contributed by atoms with Crippen molar-refractivity contribution in [3.8, 4) is 0 Å². The number of anilines is 1. The van der Waals surface area contributed by atoms with Crippen LogP contribution < -0.4 is 11.3 Å². The number of nitrogens with zero attached hydrogens (tertiary/aromatic N) is 1. The fourth-order valence-corrected chi connectivity index (χ4v) is 2.35. The van der Waals surface area contributed by atoms with Crippen LogP contribution in [0.1, 0.15) is 21.6 Å². The summed E-state index contributed by atoms with van der Waals surface area (Å²) >= 11 is 0. The number of carbonyl (C=O) groups excluding carboxylic acids is 1. The lowest BCUT2D eigenvalue weighted by Crippen LogP contribution is -2.20. The molecule has 0 fully saturated rings. The number of hydrogen-bond donors (Lipinski definition) is 2. The monoisotopic (exact) mass is 279 g/mol. The van der Waals surface area contributed by atoms with Crippen molar-refractivity contribution in [1.29, 1.82) is 0 Å². The fourth-order valence-electron chi connectivity index (χ4n) is 2.35. The lowest BCUT2D eigenvalue weighted by molar-refractivity contribution is 0.111. The maximum atomic E-state index is 12.0. The third-order valence-corrected chi connectivity index (χ3v) is 3.37. The summed E-state index contributed by atoms with van der Waals surface area (Å²) in [5.74, 6) is -0.0515. The summed E-state index contributed by atoms with van der Waals surface area (Å²) in [6.45, 7) is 0. The number of nitrogens with two attached hydrogens (primary N) is 1. The van der Waals surface area contributed by atoms with Gasteiger partial charge < -0.3 is 5.73 Å². The van der Waals surface area contributed by atoms with E-state index in [0.29, 0.717) is 18.3 Å². The molecule has 0 amide bonds. The van der Waals surface area contributed by atoms with E-state index >= 15 is 0 Å². The number of nitrogens with one attached hydrogen (secondary N) is 1. The Balaban J connectivity index is 2.06. The van der Waals surface area contributed by atoms with Crippen LogP contribution in [0.25, 0.3) is 10.8 Å². The average Bonchev–Trinajstić information content (AvgIpc) is 2.49. The van der Waals surface area contributed by atoms with Crippen LogP contribution in [0.15, 0.2) is 47.3 Å². The van der Waals surface area contributed by atoms with Gasteiger partial charge >= 0.3 is 0 Å². The Kier molecular flexibility index (Phi) is 3.23. The number of H-pyrrole nitrogens is 1. The molecule has 0 bridgehead atoms. The smallest absolute Gasteiger partial charge is 0.256 e. The zero-order valence-electron chi connectivity index (χ0n) is 11.2. The first-order chi connectivity index (χ1) is 10.2. The fraction of sp³-hybridized carbons (Fsp3) is 0.0625. The minimum absolute atomic E-state index is 0.0515. The topological polar surface area (TPSA) is 88.8 Å². The number of aromatic amines is 1. The summed E-state index contributed by atoms with van der Waals surface area (Å²) in [4.78, 5) is 29.3. The van der Waals surface area contributed by atoms with Gasteiger partial charge in [0.1, 0.15) is 5.69 Å². The number of benzene rings is 2. The standard InChI is InChI=1S/C16H13N3O2/c17-16-18-14(9-20)13(15(21)19-16)8-10-5-6-11-3-1-2-4-12(11)7-10/h1-7,9H,8H2,(H3,17,18,19,21). The molecule has 2 aromatic carbocycles. The van der Waals surface area contributed by atoms with Crippen molar-refractivity contribution >= 4 is 23.0 Å². The van der Waals surface area contributed by atoms with Crippen LogP contribution in [-0.2, 0) is 6.42 Å². The highest BCUT2D eigenvalue weighted by Crippen LogP contribution is 2.17. The molecular formula is C16H13N3O2. The molecule has 0 saturated carbocycles. The number of hydrogen-bond acceptors (Lipinski definition) is 4. The van der Waals surface area contributed by atoms with Gasteiger partial charge in [0, 0.05) is 6.42 Å². The molecule has 0 atom stereocenters. The molecule has 0 spiro atoms. The van der Waals surface area contributed by atoms with E-state index in [-0.39, 0.29) is 17.2 Å². The Morgan fingerprint density at radius 2 is 1.90 bits per heavy atom. The van der Waals surface area contributed by atoms with Crippen molar-refractivity contribution in [2.24, 2.45) is 0 Å². The predicted octanol–water partition coefficient (Wildman–Crippen LogP) is 1.91. The molecule has 0 aliphatic carbocycles. The summed E-state index contributed by atoms with van der Waals surface area (Å²) < 4.78 is 0. The molecule has 0 aliphatic heterocycles. The second kappa shape index (κ2) is 5.20. The first-order valence-corrected chi connectivity index (χ1v) is 6.49. The highest BCUT2D eigenvalue weighted by atomic mass is 16.1. The number of carbonyl (C=O) groups is 1. The van der Waals surface area contributed by atoms with E-state index in [1.54, 1.807) is 0 Å². The van der Waals surface area contributed by atoms with Gasteiger partial charge in [-0.1, -0.05) is 42.5 Å². The van der Waals surface area contributed by atoms with Gasteiger partial charge in [0.25, 0.3) is 5.56 Å². The van der Waals surface area contributed by atoms with Crippen molar-refractivity contribution in [2.45, 2.75) is 6.42 Å². The number of nitrogen functional groups attached to an aromatic ring is 1. The number of aromatic nitrogens is 2. The number of rotatable bonds is 3. The Hall–Kier alpha value is -2.95. The van der Waals surface area contributed by atoms with Gasteiger partial charge in [-0.25, -0.2) is 4.98 Å². The highest BCUT2D eigenvalue weighted by Gasteiger charge is 2.11. The largest absolute Gasteiger partial charge is 0.369 e. The Morgan fingerprint density at radius 1 is 1.14 bits per heavy atom. The molecule has 0 aliphatic rings. The lowest BCUT2D eigenvalue weighted by Gasteiger charge is -2.06. The maximum absolute atomic E-state index is 12.0. The van der Waals surface area contributed by atoms with Crippen LogP contribution >= 0.6 is 0 Å². The normalized spacial score (nSPS) is 10.7. The van der Waals surface area contributed by atoms with Gasteiger partial charge in [0.15, 0.2) is 6.29 Å². The summed E-state index contributed by atoms with van der Waals surface area (Å²) in [6.07, 6.45) is 0.892. The van der Waals surface area contributed by atoms with Crippen LogP contribution in [-0.4, -0.2) is 16.3 Å². The zero-order valence-corrected chi connectivity index (χ0v) is 11.2. The van der Waals surface area contributed by atoms with E-state index in [1.165, 1.54) is 0 Å². The van der Waals surface area contributed by atoms with E-state index in [2.05, 4.69) is 9.97 Å². The molecule has 3 rings (SSSR count). The average molecular weight is 279 g/mol. The van der Waals surface area contributed by atoms with Gasteiger partial charge in [0.2, 0.25) is 5.95 Å². The summed E-state index contributed by atoms with van der Waals surface area (Å²) in [6, 6.07) is 13.9. The van der Waals surface area contributed by atoms with Gasteiger partial charge in [-0.05, 0) is 16.3 Å². The first-order valence-electron chi connectivity index (χ1n) is 6.49. The van der Waals surface area contributed by atoms with Gasteiger partial charge in [-0.2, -0.15) is 0 Å². The number of fused-ring (bicyclic) bond motifs is 1. The van der Waals surface area contributed by atoms with E-state index in [0.717, 1.165) is 16.3 Å². The van der Waals surface area contributed by atoms with Crippen LogP contribution in [0.2, 0.25) is 0 Å². The minimum atomic E-state index is -0.377. The van der Waals surface area contributed by atoms with Crippen LogP contribution in [0.5, 0.6) is 0 Å².